The van der Waals surface area contributed by atoms with Gasteiger partial charge in [-0.1, -0.05) is 78.4 Å². The summed E-state index contributed by atoms with van der Waals surface area (Å²) in [5, 5.41) is 1.53. The molecule has 6 aromatic carbocycles. The lowest BCUT2D eigenvalue weighted by atomic mass is 9.96. The summed E-state index contributed by atoms with van der Waals surface area (Å²) in [6.07, 6.45) is -4.53. The Morgan fingerprint density at radius 1 is 0.540 bits per heavy atom. The highest BCUT2D eigenvalue weighted by Crippen LogP contribution is 2.43. The standard InChI is InChI=1S/C43H31F3N2O2/c1-24-20-26(3)40(27(4)21-24)48-41(49)32-13-9-15-38(39(32)42(48)50)47-36-18-16-28(30-11-6-5-10-25(30)2)22-33(36)34-23-29(17-19-37(34)47)31-12-7-8-14-35(31)43(44,45)46/h5-23H,1-4H3. The Balaban J connectivity index is 1.40. The highest BCUT2D eigenvalue weighted by Gasteiger charge is 2.40. The van der Waals surface area contributed by atoms with Gasteiger partial charge in [-0.25, -0.2) is 4.90 Å². The lowest BCUT2D eigenvalue weighted by Crippen LogP contribution is -2.31. The number of nitrogens with zero attached hydrogens (tertiary/aromatic N) is 2. The first-order chi connectivity index (χ1) is 23.9. The Bertz CT molecular complexity index is 2550. The number of carbonyl (C=O) groups excluding carboxylic acids is 2. The molecule has 0 saturated heterocycles. The summed E-state index contributed by atoms with van der Waals surface area (Å²) < 4.78 is 44.4. The number of benzene rings is 6. The SMILES string of the molecule is Cc1cc(C)c(N2C(=O)c3cccc(-n4c5ccc(-c6ccccc6C)cc5c5cc(-c6ccccc6C(F)(F)F)ccc54)c3C2=O)c(C)c1. The molecule has 4 nitrogen and oxygen atoms in total. The third-order valence-electron chi connectivity index (χ3n) is 9.76. The van der Waals surface area contributed by atoms with Gasteiger partial charge in [-0.15, -0.1) is 0 Å². The number of anilines is 1. The topological polar surface area (TPSA) is 42.3 Å². The third kappa shape index (κ3) is 4.76. The molecule has 0 N–H and O–H groups in total. The van der Waals surface area contributed by atoms with Crippen LogP contribution in [-0.4, -0.2) is 16.4 Å². The van der Waals surface area contributed by atoms with E-state index in [9.17, 15) is 22.8 Å². The van der Waals surface area contributed by atoms with Gasteiger partial charge in [0.25, 0.3) is 11.8 Å². The predicted octanol–water partition coefficient (Wildman–Crippen LogP) is 11.2. The number of aromatic nitrogens is 1. The van der Waals surface area contributed by atoms with Gasteiger partial charge in [-0.2, -0.15) is 13.2 Å². The Hall–Kier alpha value is -5.95. The second-order valence-corrected chi connectivity index (χ2v) is 13.1. The lowest BCUT2D eigenvalue weighted by Gasteiger charge is -2.20. The Morgan fingerprint density at radius 2 is 1.10 bits per heavy atom. The van der Waals surface area contributed by atoms with E-state index in [1.165, 1.54) is 17.0 Å². The van der Waals surface area contributed by atoms with Crippen LogP contribution in [-0.2, 0) is 6.18 Å². The van der Waals surface area contributed by atoms with Crippen LogP contribution in [0.2, 0.25) is 0 Å². The lowest BCUT2D eigenvalue weighted by molar-refractivity contribution is -0.137. The van der Waals surface area contributed by atoms with Crippen LogP contribution in [0.3, 0.4) is 0 Å². The van der Waals surface area contributed by atoms with E-state index < -0.39 is 23.6 Å². The molecule has 0 aliphatic carbocycles. The number of imide groups is 1. The van der Waals surface area contributed by atoms with Gasteiger partial charge in [0, 0.05) is 10.8 Å². The number of alkyl halides is 3. The average Bonchev–Trinajstić information content (AvgIpc) is 3.54. The summed E-state index contributed by atoms with van der Waals surface area (Å²) >= 11 is 0. The number of fused-ring (bicyclic) bond motifs is 4. The summed E-state index contributed by atoms with van der Waals surface area (Å²) in [4.78, 5) is 29.7. The predicted molar refractivity (Wildman–Crippen MR) is 193 cm³/mol. The van der Waals surface area contributed by atoms with Crippen LogP contribution < -0.4 is 4.90 Å². The van der Waals surface area contributed by atoms with Crippen molar-refractivity contribution in [2.75, 3.05) is 4.90 Å². The smallest absolute Gasteiger partial charge is 0.308 e. The van der Waals surface area contributed by atoms with Gasteiger partial charge in [0.2, 0.25) is 0 Å². The van der Waals surface area contributed by atoms with E-state index in [0.29, 0.717) is 28.0 Å². The largest absolute Gasteiger partial charge is 0.417 e. The first-order valence-corrected chi connectivity index (χ1v) is 16.3. The Morgan fingerprint density at radius 3 is 1.72 bits per heavy atom. The molecule has 1 aromatic heterocycles. The van der Waals surface area contributed by atoms with Crippen LogP contribution in [0.5, 0.6) is 0 Å². The minimum atomic E-state index is -4.53. The number of hydrogen-bond acceptors (Lipinski definition) is 2. The molecule has 0 spiro atoms. The van der Waals surface area contributed by atoms with Gasteiger partial charge in [0.1, 0.15) is 0 Å². The maximum Gasteiger partial charge on any atom is 0.417 e. The van der Waals surface area contributed by atoms with E-state index in [0.717, 1.165) is 55.7 Å². The van der Waals surface area contributed by atoms with E-state index in [4.69, 9.17) is 0 Å². The quantitative estimate of drug-likeness (QED) is 0.176. The molecule has 0 atom stereocenters. The fourth-order valence-corrected chi connectivity index (χ4v) is 7.68. The molecule has 246 valence electrons. The second-order valence-electron chi connectivity index (χ2n) is 13.1. The zero-order valence-corrected chi connectivity index (χ0v) is 27.8. The van der Waals surface area contributed by atoms with Crippen LogP contribution in [0.25, 0.3) is 49.7 Å². The molecule has 1 aliphatic rings. The number of halogens is 3. The summed E-state index contributed by atoms with van der Waals surface area (Å²) in [6, 6.07) is 34.1. The van der Waals surface area contributed by atoms with Crippen molar-refractivity contribution in [2.45, 2.75) is 33.9 Å². The van der Waals surface area contributed by atoms with E-state index >= 15 is 0 Å². The zero-order valence-electron chi connectivity index (χ0n) is 27.8. The molecule has 0 radical (unpaired) electrons. The minimum Gasteiger partial charge on any atom is -0.308 e. The maximum absolute atomic E-state index is 14.4. The molecule has 0 fully saturated rings. The zero-order chi connectivity index (χ0) is 35.1. The van der Waals surface area contributed by atoms with Gasteiger partial charge < -0.3 is 4.57 Å². The van der Waals surface area contributed by atoms with E-state index in [2.05, 4.69) is 6.07 Å². The summed E-state index contributed by atoms with van der Waals surface area (Å²) in [7, 11) is 0. The number of carbonyl (C=O) groups is 2. The molecule has 0 unspecified atom stereocenters. The molecule has 8 rings (SSSR count). The summed E-state index contributed by atoms with van der Waals surface area (Å²) in [5.41, 5.74) is 8.70. The molecule has 2 amide bonds. The van der Waals surface area contributed by atoms with E-state index in [1.54, 1.807) is 36.4 Å². The molecule has 0 bridgehead atoms. The van der Waals surface area contributed by atoms with Crippen molar-refractivity contribution in [3.8, 4) is 27.9 Å². The van der Waals surface area contributed by atoms with Crippen molar-refractivity contribution in [3.05, 3.63) is 154 Å². The fraction of sp³-hybridized carbons (Fsp3) is 0.116. The molecule has 7 heteroatoms. The van der Waals surface area contributed by atoms with Crippen molar-refractivity contribution < 1.29 is 22.8 Å². The molecule has 50 heavy (non-hydrogen) atoms. The second kappa shape index (κ2) is 11.3. The number of amides is 2. The van der Waals surface area contributed by atoms with Crippen LogP contribution in [0, 0.1) is 27.7 Å². The molecule has 7 aromatic rings. The average molecular weight is 665 g/mol. The number of rotatable bonds is 4. The van der Waals surface area contributed by atoms with E-state index in [-0.39, 0.29) is 11.1 Å². The minimum absolute atomic E-state index is 0.0821. The van der Waals surface area contributed by atoms with Crippen molar-refractivity contribution in [1.29, 1.82) is 0 Å². The van der Waals surface area contributed by atoms with Crippen LogP contribution in [0.15, 0.2) is 115 Å². The number of aryl methyl sites for hydroxylation is 4. The Kier molecular flexibility index (Phi) is 7.08. The van der Waals surface area contributed by atoms with Crippen LogP contribution >= 0.6 is 0 Å². The maximum atomic E-state index is 14.4. The van der Waals surface area contributed by atoms with E-state index in [1.807, 2.05) is 86.9 Å². The van der Waals surface area contributed by atoms with Crippen LogP contribution in [0.1, 0.15) is 48.5 Å². The molecule has 2 heterocycles. The molecule has 0 saturated carbocycles. The molecule has 1 aliphatic heterocycles. The van der Waals surface area contributed by atoms with Gasteiger partial charge in [0.05, 0.1) is 39.1 Å². The highest BCUT2D eigenvalue weighted by atomic mass is 19.4. The highest BCUT2D eigenvalue weighted by molar-refractivity contribution is 6.36. The monoisotopic (exact) mass is 664 g/mol. The van der Waals surface area contributed by atoms with Gasteiger partial charge in [-0.3, -0.25) is 9.59 Å². The summed E-state index contributed by atoms with van der Waals surface area (Å²) in [5.74, 6) is -0.812. The van der Waals surface area contributed by atoms with Crippen LogP contribution in [0.4, 0.5) is 18.9 Å². The fourth-order valence-electron chi connectivity index (χ4n) is 7.68. The first kappa shape index (κ1) is 31.3. The Labute approximate surface area is 287 Å². The van der Waals surface area contributed by atoms with Crippen molar-refractivity contribution in [2.24, 2.45) is 0 Å². The van der Waals surface area contributed by atoms with Gasteiger partial charge in [-0.05, 0) is 109 Å². The molecular weight excluding hydrogens is 633 g/mol. The van der Waals surface area contributed by atoms with Gasteiger partial charge in [0.15, 0.2) is 0 Å². The third-order valence-corrected chi connectivity index (χ3v) is 9.76. The number of hydrogen-bond donors (Lipinski definition) is 0. The van der Waals surface area contributed by atoms with Crippen molar-refractivity contribution in [1.82, 2.24) is 4.57 Å². The normalized spacial score (nSPS) is 13.1. The first-order valence-electron chi connectivity index (χ1n) is 16.3. The van der Waals surface area contributed by atoms with Crippen molar-refractivity contribution >= 4 is 39.3 Å². The summed E-state index contributed by atoms with van der Waals surface area (Å²) in [6.45, 7) is 7.80. The van der Waals surface area contributed by atoms with Gasteiger partial charge >= 0.3 is 6.18 Å². The van der Waals surface area contributed by atoms with Crippen molar-refractivity contribution in [3.63, 3.8) is 0 Å². The molecular formula is C43H31F3N2O2.